The first kappa shape index (κ1) is 14.6. The van der Waals surface area contributed by atoms with Crippen LogP contribution in [0.4, 0.5) is 0 Å². The van der Waals surface area contributed by atoms with Gasteiger partial charge in [-0.15, -0.1) is 0 Å². The number of hydrogen-bond acceptors (Lipinski definition) is 2. The van der Waals surface area contributed by atoms with Crippen molar-refractivity contribution in [2.45, 2.75) is 13.3 Å². The van der Waals surface area contributed by atoms with E-state index in [9.17, 15) is 4.79 Å². The molecule has 3 nitrogen and oxygen atoms in total. The average Bonchev–Trinajstić information content (AvgIpc) is 2.43. The molecular formula is C14H18Cl2N2O. The molecule has 0 unspecified atom stereocenters. The van der Waals surface area contributed by atoms with Crippen molar-refractivity contribution in [3.05, 3.63) is 33.8 Å². The highest BCUT2D eigenvalue weighted by molar-refractivity contribution is 6.36. The molecule has 5 heteroatoms. The van der Waals surface area contributed by atoms with Crippen LogP contribution in [0.2, 0.25) is 10.0 Å². The second-order valence-corrected chi connectivity index (χ2v) is 5.51. The molecule has 0 saturated carbocycles. The third-order valence-corrected chi connectivity index (χ3v) is 4.27. The van der Waals surface area contributed by atoms with Gasteiger partial charge in [0.1, 0.15) is 0 Å². The minimum absolute atomic E-state index is 0.103. The van der Waals surface area contributed by atoms with E-state index in [1.54, 1.807) is 18.2 Å². The Morgan fingerprint density at radius 2 is 1.74 bits per heavy atom. The molecule has 1 saturated heterocycles. The second-order valence-electron chi connectivity index (χ2n) is 4.69. The minimum atomic E-state index is 0.103. The summed E-state index contributed by atoms with van der Waals surface area (Å²) in [6.07, 6.45) is 0.282. The molecule has 1 fully saturated rings. The third kappa shape index (κ3) is 3.62. The van der Waals surface area contributed by atoms with Crippen LogP contribution in [0.25, 0.3) is 0 Å². The molecule has 0 atom stereocenters. The molecule has 19 heavy (non-hydrogen) atoms. The fourth-order valence-electron chi connectivity index (χ4n) is 2.28. The van der Waals surface area contributed by atoms with Crippen molar-refractivity contribution in [3.63, 3.8) is 0 Å². The normalized spacial score (nSPS) is 16.7. The average molecular weight is 301 g/mol. The van der Waals surface area contributed by atoms with Crippen molar-refractivity contribution in [1.29, 1.82) is 0 Å². The second kappa shape index (κ2) is 6.60. The van der Waals surface area contributed by atoms with Gasteiger partial charge in [0.05, 0.1) is 6.42 Å². The number of amides is 1. The van der Waals surface area contributed by atoms with E-state index >= 15 is 0 Å². The summed E-state index contributed by atoms with van der Waals surface area (Å²) in [6.45, 7) is 6.64. The van der Waals surface area contributed by atoms with E-state index < -0.39 is 0 Å². The molecule has 1 aliphatic heterocycles. The molecule has 0 aliphatic carbocycles. The summed E-state index contributed by atoms with van der Waals surface area (Å²) in [4.78, 5) is 16.5. The lowest BCUT2D eigenvalue weighted by Crippen LogP contribution is -2.48. The Morgan fingerprint density at radius 1 is 1.16 bits per heavy atom. The van der Waals surface area contributed by atoms with Crippen LogP contribution in [0.1, 0.15) is 12.5 Å². The van der Waals surface area contributed by atoms with Gasteiger partial charge in [-0.25, -0.2) is 0 Å². The maximum Gasteiger partial charge on any atom is 0.227 e. The standard InChI is InChI=1S/C14H18Cl2N2O/c1-2-17-6-8-18(9-7-17)14(19)10-11-12(15)4-3-5-13(11)16/h3-5H,2,6-10H2,1H3. The van der Waals surface area contributed by atoms with Crippen molar-refractivity contribution in [3.8, 4) is 0 Å². The number of carbonyl (C=O) groups excluding carboxylic acids is 1. The summed E-state index contributed by atoms with van der Waals surface area (Å²) in [5.41, 5.74) is 0.730. The Kier molecular flexibility index (Phi) is 5.08. The monoisotopic (exact) mass is 300 g/mol. The van der Waals surface area contributed by atoms with Crippen LogP contribution in [0.3, 0.4) is 0 Å². The lowest BCUT2D eigenvalue weighted by molar-refractivity contribution is -0.132. The highest BCUT2D eigenvalue weighted by Gasteiger charge is 2.21. The lowest BCUT2D eigenvalue weighted by Gasteiger charge is -2.34. The van der Waals surface area contributed by atoms with Crippen LogP contribution in [-0.4, -0.2) is 48.4 Å². The fraction of sp³-hybridized carbons (Fsp3) is 0.500. The van der Waals surface area contributed by atoms with Gasteiger partial charge in [-0.2, -0.15) is 0 Å². The number of nitrogens with zero attached hydrogens (tertiary/aromatic N) is 2. The molecule has 1 aliphatic rings. The Morgan fingerprint density at radius 3 is 2.26 bits per heavy atom. The van der Waals surface area contributed by atoms with Gasteiger partial charge in [0.2, 0.25) is 5.91 Å². The maximum atomic E-state index is 12.3. The zero-order valence-corrected chi connectivity index (χ0v) is 12.5. The summed E-state index contributed by atoms with van der Waals surface area (Å²) < 4.78 is 0. The van der Waals surface area contributed by atoms with E-state index in [0.717, 1.165) is 38.3 Å². The van der Waals surface area contributed by atoms with Crippen molar-refractivity contribution >= 4 is 29.1 Å². The molecule has 0 aromatic heterocycles. The molecule has 104 valence electrons. The number of benzene rings is 1. The number of carbonyl (C=O) groups is 1. The fourth-order valence-corrected chi connectivity index (χ4v) is 2.81. The van der Waals surface area contributed by atoms with Gasteiger partial charge in [0, 0.05) is 36.2 Å². The van der Waals surface area contributed by atoms with Crippen LogP contribution < -0.4 is 0 Å². The lowest BCUT2D eigenvalue weighted by atomic mass is 10.1. The molecule has 2 rings (SSSR count). The maximum absolute atomic E-state index is 12.3. The summed E-state index contributed by atoms with van der Waals surface area (Å²) in [6, 6.07) is 5.33. The molecule has 0 radical (unpaired) electrons. The van der Waals surface area contributed by atoms with Gasteiger partial charge in [-0.3, -0.25) is 4.79 Å². The Balaban J connectivity index is 1.98. The van der Waals surface area contributed by atoms with Crippen LogP contribution in [0, 0.1) is 0 Å². The van der Waals surface area contributed by atoms with Crippen LogP contribution in [0.5, 0.6) is 0 Å². The van der Waals surface area contributed by atoms with E-state index in [2.05, 4.69) is 11.8 Å². The number of halogens is 2. The van der Waals surface area contributed by atoms with Crippen LogP contribution in [-0.2, 0) is 11.2 Å². The van der Waals surface area contributed by atoms with Gasteiger partial charge in [-0.1, -0.05) is 36.2 Å². The van der Waals surface area contributed by atoms with Crippen LogP contribution >= 0.6 is 23.2 Å². The van der Waals surface area contributed by atoms with Gasteiger partial charge < -0.3 is 9.80 Å². The van der Waals surface area contributed by atoms with E-state index in [0.29, 0.717) is 10.0 Å². The quantitative estimate of drug-likeness (QED) is 0.857. The number of piperazine rings is 1. The summed E-state index contributed by atoms with van der Waals surface area (Å²) in [5.74, 6) is 0.103. The van der Waals surface area contributed by atoms with Gasteiger partial charge in [0.25, 0.3) is 0 Å². The highest BCUT2D eigenvalue weighted by Crippen LogP contribution is 2.25. The van der Waals surface area contributed by atoms with Crippen molar-refractivity contribution in [2.75, 3.05) is 32.7 Å². The van der Waals surface area contributed by atoms with Crippen molar-refractivity contribution in [1.82, 2.24) is 9.80 Å². The summed E-state index contributed by atoms with van der Waals surface area (Å²) in [7, 11) is 0. The van der Waals surface area contributed by atoms with Gasteiger partial charge in [0.15, 0.2) is 0 Å². The first-order valence-corrected chi connectivity index (χ1v) is 7.30. The van der Waals surface area contributed by atoms with Gasteiger partial charge >= 0.3 is 0 Å². The Bertz CT molecular complexity index is 437. The van der Waals surface area contributed by atoms with Crippen molar-refractivity contribution < 1.29 is 4.79 Å². The molecule has 1 aromatic rings. The molecule has 1 heterocycles. The zero-order valence-electron chi connectivity index (χ0n) is 11.0. The largest absolute Gasteiger partial charge is 0.340 e. The molecule has 0 bridgehead atoms. The molecule has 0 spiro atoms. The molecule has 1 amide bonds. The Hall–Kier alpha value is -0.770. The molecule has 0 N–H and O–H groups in total. The summed E-state index contributed by atoms with van der Waals surface area (Å²) in [5, 5.41) is 1.13. The summed E-state index contributed by atoms with van der Waals surface area (Å²) >= 11 is 12.2. The molecule has 1 aromatic carbocycles. The zero-order chi connectivity index (χ0) is 13.8. The predicted molar refractivity (Wildman–Crippen MR) is 78.9 cm³/mol. The van der Waals surface area contributed by atoms with E-state index in [4.69, 9.17) is 23.2 Å². The topological polar surface area (TPSA) is 23.6 Å². The van der Waals surface area contributed by atoms with Gasteiger partial charge in [-0.05, 0) is 24.2 Å². The van der Waals surface area contributed by atoms with Crippen molar-refractivity contribution in [2.24, 2.45) is 0 Å². The molecular weight excluding hydrogens is 283 g/mol. The smallest absolute Gasteiger partial charge is 0.227 e. The predicted octanol–water partition coefficient (Wildman–Crippen LogP) is 2.70. The highest BCUT2D eigenvalue weighted by atomic mass is 35.5. The number of rotatable bonds is 3. The van der Waals surface area contributed by atoms with Crippen LogP contribution in [0.15, 0.2) is 18.2 Å². The first-order valence-electron chi connectivity index (χ1n) is 6.55. The minimum Gasteiger partial charge on any atom is -0.340 e. The SMILES string of the molecule is CCN1CCN(C(=O)Cc2c(Cl)cccc2Cl)CC1. The van der Waals surface area contributed by atoms with E-state index in [1.807, 2.05) is 4.90 Å². The number of hydrogen-bond donors (Lipinski definition) is 0. The number of likely N-dealkylation sites (N-methyl/N-ethyl adjacent to an activating group) is 1. The first-order chi connectivity index (χ1) is 9.11. The van der Waals surface area contributed by atoms with E-state index in [-0.39, 0.29) is 12.3 Å². The van der Waals surface area contributed by atoms with E-state index in [1.165, 1.54) is 0 Å². The third-order valence-electron chi connectivity index (χ3n) is 3.56. The Labute approximate surface area is 124 Å².